The summed E-state index contributed by atoms with van der Waals surface area (Å²) in [5.41, 5.74) is -0.0837. The Labute approximate surface area is 238 Å². The van der Waals surface area contributed by atoms with Gasteiger partial charge >= 0.3 is 12.4 Å². The molecular formula is C29H29F6N5O2. The van der Waals surface area contributed by atoms with Gasteiger partial charge in [-0.15, -0.1) is 10.2 Å². The van der Waals surface area contributed by atoms with Crippen molar-refractivity contribution in [2.45, 2.75) is 56.7 Å². The number of anilines is 1. The molecule has 1 amide bonds. The minimum absolute atomic E-state index is 0.0785. The molecule has 0 radical (unpaired) electrons. The lowest BCUT2D eigenvalue weighted by atomic mass is 9.75. The molecule has 0 N–H and O–H groups in total. The van der Waals surface area contributed by atoms with Crippen molar-refractivity contribution < 1.29 is 35.9 Å². The highest BCUT2D eigenvalue weighted by atomic mass is 19.4. The highest BCUT2D eigenvalue weighted by molar-refractivity contribution is 6.10. The maximum atomic E-state index is 14.3. The van der Waals surface area contributed by atoms with E-state index in [-0.39, 0.29) is 42.7 Å². The first-order chi connectivity index (χ1) is 19.8. The third kappa shape index (κ3) is 4.96. The summed E-state index contributed by atoms with van der Waals surface area (Å²) >= 11 is 0. The van der Waals surface area contributed by atoms with E-state index < -0.39 is 41.2 Å². The van der Waals surface area contributed by atoms with Crippen molar-refractivity contribution in [1.29, 1.82) is 0 Å². The van der Waals surface area contributed by atoms with Crippen LogP contribution in [0.2, 0.25) is 0 Å². The molecule has 3 aliphatic heterocycles. The zero-order chi connectivity index (χ0) is 30.0. The number of nitrogens with zero attached hydrogens (tertiary/aromatic N) is 5. The van der Waals surface area contributed by atoms with Crippen molar-refractivity contribution in [2.75, 3.05) is 24.7 Å². The molecule has 42 heavy (non-hydrogen) atoms. The Morgan fingerprint density at radius 1 is 1.10 bits per heavy atom. The lowest BCUT2D eigenvalue weighted by molar-refractivity contribution is -0.179. The minimum Gasteiger partial charge on any atom is -0.379 e. The normalized spacial score (nSPS) is 22.5. The quantitative estimate of drug-likeness (QED) is 0.364. The van der Waals surface area contributed by atoms with E-state index in [1.807, 2.05) is 17.7 Å². The van der Waals surface area contributed by atoms with Crippen LogP contribution >= 0.6 is 0 Å². The van der Waals surface area contributed by atoms with Gasteiger partial charge in [-0.1, -0.05) is 12.1 Å². The predicted octanol–water partition coefficient (Wildman–Crippen LogP) is 5.28. The average molecular weight is 594 g/mol. The van der Waals surface area contributed by atoms with E-state index in [4.69, 9.17) is 4.74 Å². The Morgan fingerprint density at radius 3 is 2.45 bits per heavy atom. The maximum absolute atomic E-state index is 14.3. The van der Waals surface area contributed by atoms with Crippen LogP contribution in [-0.4, -0.2) is 57.5 Å². The number of carbonyl (C=O) groups excluding carboxylic acids is 1. The number of fused-ring (bicyclic) bond motifs is 1. The molecule has 2 saturated heterocycles. The first-order valence-corrected chi connectivity index (χ1v) is 13.6. The fourth-order valence-electron chi connectivity index (χ4n) is 6.41. The lowest BCUT2D eigenvalue weighted by Gasteiger charge is -2.42. The number of amides is 1. The van der Waals surface area contributed by atoms with Crippen molar-refractivity contribution in [1.82, 2.24) is 19.7 Å². The molecule has 0 bridgehead atoms. The Morgan fingerprint density at radius 2 is 1.86 bits per heavy atom. The molecule has 2 unspecified atom stereocenters. The molecule has 0 aliphatic carbocycles. The summed E-state index contributed by atoms with van der Waals surface area (Å²) in [7, 11) is 1.84. The summed E-state index contributed by atoms with van der Waals surface area (Å²) < 4.78 is 90.3. The Kier molecular flexibility index (Phi) is 6.88. The molecule has 0 saturated carbocycles. The number of alkyl halides is 6. The summed E-state index contributed by atoms with van der Waals surface area (Å²) in [6.07, 6.45) is -7.11. The number of likely N-dealkylation sites (tertiary alicyclic amines) is 1. The van der Waals surface area contributed by atoms with Gasteiger partial charge in [0.1, 0.15) is 12.2 Å². The van der Waals surface area contributed by atoms with Gasteiger partial charge in [0.25, 0.3) is 5.91 Å². The topological polar surface area (TPSA) is 63.5 Å². The van der Waals surface area contributed by atoms with E-state index in [9.17, 15) is 31.1 Å². The van der Waals surface area contributed by atoms with E-state index in [1.165, 1.54) is 22.8 Å². The zero-order valence-corrected chi connectivity index (χ0v) is 23.0. The van der Waals surface area contributed by atoms with Crippen LogP contribution in [0.25, 0.3) is 0 Å². The molecular weight excluding hydrogens is 564 g/mol. The average Bonchev–Trinajstić information content (AvgIpc) is 3.57. The lowest BCUT2D eigenvalue weighted by Crippen LogP contribution is -2.49. The van der Waals surface area contributed by atoms with E-state index in [2.05, 4.69) is 10.2 Å². The zero-order valence-electron chi connectivity index (χ0n) is 23.0. The summed E-state index contributed by atoms with van der Waals surface area (Å²) in [5.74, 6) is -1.37. The summed E-state index contributed by atoms with van der Waals surface area (Å²) in [5, 5.41) is 8.10. The molecule has 1 aromatic heterocycles. The van der Waals surface area contributed by atoms with Crippen LogP contribution in [0, 0.1) is 5.92 Å². The molecule has 6 rings (SSSR count). The molecule has 2 atom stereocenters. The van der Waals surface area contributed by atoms with Crippen LogP contribution in [-0.2, 0) is 42.9 Å². The number of aromatic nitrogens is 3. The van der Waals surface area contributed by atoms with Crippen molar-refractivity contribution in [3.05, 3.63) is 76.4 Å². The Bertz CT molecular complexity index is 1510. The molecule has 3 aromatic rings. The number of carbonyl (C=O) groups is 1. The number of hydrogen-bond donors (Lipinski definition) is 0. The Balaban J connectivity index is 1.30. The smallest absolute Gasteiger partial charge is 0.379 e. The van der Waals surface area contributed by atoms with Gasteiger partial charge in [-0.2, -0.15) is 26.3 Å². The molecule has 0 spiro atoms. The fourth-order valence-corrected chi connectivity index (χ4v) is 6.41. The number of hydrogen-bond acceptors (Lipinski definition) is 5. The van der Waals surface area contributed by atoms with Crippen LogP contribution in [0.5, 0.6) is 0 Å². The number of benzene rings is 2. The molecule has 224 valence electrons. The second-order valence-corrected chi connectivity index (χ2v) is 11.6. The summed E-state index contributed by atoms with van der Waals surface area (Å²) in [6, 6.07) is 8.65. The number of aryl methyl sites for hydroxylation is 1. The van der Waals surface area contributed by atoms with Gasteiger partial charge in [-0.3, -0.25) is 9.69 Å². The van der Waals surface area contributed by atoms with Crippen molar-refractivity contribution in [3.63, 3.8) is 0 Å². The SMILES string of the molecule is CC1C(C(F)(F)F)CCN1Cc1cc2c(c(C(F)(F)F)c1)CN(c1cccc(C3(Cc4nncn4C)COC3)c1)C2=O. The number of ether oxygens (including phenoxy) is 1. The summed E-state index contributed by atoms with van der Waals surface area (Å²) in [6.45, 7) is 2.00. The first-order valence-electron chi connectivity index (χ1n) is 13.6. The van der Waals surface area contributed by atoms with Crippen LogP contribution < -0.4 is 4.90 Å². The van der Waals surface area contributed by atoms with E-state index in [0.717, 1.165) is 17.5 Å². The molecule has 7 nitrogen and oxygen atoms in total. The standard InChI is InChI=1S/C29H29F6N5O2/c1-17-23(28(30,31)32)6-7-39(17)12-18-8-21-22(24(9-18)29(33,34)35)13-40(26(21)41)20-5-3-4-19(10-20)27(14-42-15-27)11-25-37-36-16-38(25)2/h3-5,8-10,16-17,23H,6-7,11-15H2,1-2H3. The van der Waals surface area contributed by atoms with Crippen LogP contribution in [0.3, 0.4) is 0 Å². The highest BCUT2D eigenvalue weighted by Crippen LogP contribution is 2.43. The third-order valence-corrected chi connectivity index (χ3v) is 8.93. The Hall–Kier alpha value is -3.45. The van der Waals surface area contributed by atoms with Crippen LogP contribution in [0.15, 0.2) is 42.7 Å². The number of rotatable bonds is 6. The minimum atomic E-state index is -4.74. The van der Waals surface area contributed by atoms with E-state index in [1.54, 1.807) is 24.5 Å². The van der Waals surface area contributed by atoms with Gasteiger partial charge in [0.2, 0.25) is 0 Å². The largest absolute Gasteiger partial charge is 0.416 e. The molecule has 3 aliphatic rings. The van der Waals surface area contributed by atoms with Gasteiger partial charge in [0, 0.05) is 42.7 Å². The maximum Gasteiger partial charge on any atom is 0.416 e. The molecule has 4 heterocycles. The van der Waals surface area contributed by atoms with Gasteiger partial charge in [-0.25, -0.2) is 0 Å². The highest BCUT2D eigenvalue weighted by Gasteiger charge is 2.48. The van der Waals surface area contributed by atoms with Crippen LogP contribution in [0.4, 0.5) is 32.0 Å². The predicted molar refractivity (Wildman–Crippen MR) is 140 cm³/mol. The molecule has 13 heteroatoms. The van der Waals surface area contributed by atoms with Gasteiger partial charge in [-0.05, 0) is 60.8 Å². The number of halogens is 6. The van der Waals surface area contributed by atoms with Gasteiger partial charge in [0.15, 0.2) is 0 Å². The second kappa shape index (κ2) is 10.1. The van der Waals surface area contributed by atoms with Crippen LogP contribution in [0.1, 0.15) is 51.8 Å². The summed E-state index contributed by atoms with van der Waals surface area (Å²) in [4.78, 5) is 16.5. The molecule has 2 aromatic carbocycles. The van der Waals surface area contributed by atoms with Gasteiger partial charge < -0.3 is 14.2 Å². The fraction of sp³-hybridized carbons (Fsp3) is 0.483. The molecule has 2 fully saturated rings. The monoisotopic (exact) mass is 593 g/mol. The van der Waals surface area contributed by atoms with E-state index >= 15 is 0 Å². The second-order valence-electron chi connectivity index (χ2n) is 11.6. The van der Waals surface area contributed by atoms with E-state index in [0.29, 0.717) is 25.3 Å². The third-order valence-electron chi connectivity index (χ3n) is 8.93. The van der Waals surface area contributed by atoms with Crippen molar-refractivity contribution in [2.24, 2.45) is 13.0 Å². The van der Waals surface area contributed by atoms with Gasteiger partial charge in [0.05, 0.1) is 31.2 Å². The first kappa shape index (κ1) is 28.7. The van der Waals surface area contributed by atoms with Crippen molar-refractivity contribution in [3.8, 4) is 0 Å². The van der Waals surface area contributed by atoms with Crippen molar-refractivity contribution >= 4 is 11.6 Å².